The van der Waals surface area contributed by atoms with E-state index >= 15 is 0 Å². The second-order valence-electron chi connectivity index (χ2n) is 5.39. The van der Waals surface area contributed by atoms with Crippen LogP contribution >= 0.6 is 0 Å². The number of nitrogens with zero attached hydrogens (tertiary/aromatic N) is 2. The number of rotatable bonds is 6. The molecule has 0 aromatic heterocycles. The fraction of sp³-hybridized carbons (Fsp3) is 0.923. The summed E-state index contributed by atoms with van der Waals surface area (Å²) < 4.78 is 4.60. The van der Waals surface area contributed by atoms with Gasteiger partial charge >= 0.3 is 5.97 Å². The third-order valence-corrected chi connectivity index (χ3v) is 3.63. The molecule has 0 spiro atoms. The summed E-state index contributed by atoms with van der Waals surface area (Å²) in [5.74, 6) is -0.576. The van der Waals surface area contributed by atoms with Crippen LogP contribution in [0.5, 0.6) is 0 Å². The minimum absolute atomic E-state index is 0.299. The van der Waals surface area contributed by atoms with E-state index in [1.54, 1.807) is 0 Å². The van der Waals surface area contributed by atoms with Crippen molar-refractivity contribution in [1.29, 1.82) is 0 Å². The van der Waals surface area contributed by atoms with Crippen molar-refractivity contribution in [2.75, 3.05) is 40.3 Å². The first-order chi connectivity index (χ1) is 8.40. The molecule has 18 heavy (non-hydrogen) atoms. The minimum Gasteiger partial charge on any atom is -0.467 e. The van der Waals surface area contributed by atoms with Crippen LogP contribution in [0.3, 0.4) is 0 Å². The summed E-state index contributed by atoms with van der Waals surface area (Å²) in [4.78, 5) is 15.9. The Labute approximate surface area is 110 Å². The zero-order valence-corrected chi connectivity index (χ0v) is 12.0. The average Bonchev–Trinajstić information content (AvgIpc) is 2.74. The van der Waals surface area contributed by atoms with Crippen LogP contribution < -0.4 is 0 Å². The smallest absolute Gasteiger partial charge is 0.338 e. The molecule has 0 radical (unpaired) electrons. The molecule has 1 rings (SSSR count). The van der Waals surface area contributed by atoms with Crippen molar-refractivity contribution in [3.05, 3.63) is 0 Å². The molecule has 0 aromatic carbocycles. The van der Waals surface area contributed by atoms with Gasteiger partial charge in [0.15, 0.2) is 5.60 Å². The molecular formula is C13H26N2O3. The Morgan fingerprint density at radius 1 is 1.61 bits per heavy atom. The first-order valence-corrected chi connectivity index (χ1v) is 6.64. The molecular weight excluding hydrogens is 232 g/mol. The molecule has 106 valence electrons. The van der Waals surface area contributed by atoms with E-state index in [1.807, 2.05) is 11.9 Å². The maximum absolute atomic E-state index is 11.4. The van der Waals surface area contributed by atoms with Crippen LogP contribution in [0.15, 0.2) is 0 Å². The molecule has 2 unspecified atom stereocenters. The predicted molar refractivity (Wildman–Crippen MR) is 70.4 cm³/mol. The first kappa shape index (κ1) is 15.4. The van der Waals surface area contributed by atoms with Gasteiger partial charge < -0.3 is 14.7 Å². The number of likely N-dealkylation sites (tertiary alicyclic amines) is 1. The summed E-state index contributed by atoms with van der Waals surface area (Å²) in [7, 11) is 3.23. The molecule has 5 nitrogen and oxygen atoms in total. The molecule has 0 aromatic rings. The van der Waals surface area contributed by atoms with Gasteiger partial charge in [-0.3, -0.25) is 4.90 Å². The number of aliphatic hydroxyl groups is 1. The number of carbonyl (C=O) groups is 1. The highest BCUT2D eigenvalue weighted by Crippen LogP contribution is 2.18. The Morgan fingerprint density at radius 2 is 2.28 bits per heavy atom. The van der Waals surface area contributed by atoms with Crippen LogP contribution in [0.4, 0.5) is 0 Å². The maximum Gasteiger partial charge on any atom is 0.338 e. The topological polar surface area (TPSA) is 53.0 Å². The van der Waals surface area contributed by atoms with E-state index in [9.17, 15) is 9.90 Å². The highest BCUT2D eigenvalue weighted by atomic mass is 16.5. The SMILES string of the molecule is CCN1CCCC1CN(C)CC(C)(O)C(=O)OC. The van der Waals surface area contributed by atoms with Gasteiger partial charge in [-0.1, -0.05) is 6.92 Å². The zero-order valence-electron chi connectivity index (χ0n) is 12.0. The molecule has 1 heterocycles. The molecule has 0 aliphatic carbocycles. The Hall–Kier alpha value is -0.650. The van der Waals surface area contributed by atoms with E-state index in [2.05, 4.69) is 16.6 Å². The van der Waals surface area contributed by atoms with E-state index < -0.39 is 11.6 Å². The number of likely N-dealkylation sites (N-methyl/N-ethyl adjacent to an activating group) is 2. The second-order valence-corrected chi connectivity index (χ2v) is 5.39. The van der Waals surface area contributed by atoms with E-state index in [0.29, 0.717) is 12.6 Å². The van der Waals surface area contributed by atoms with Crippen molar-refractivity contribution >= 4 is 5.97 Å². The van der Waals surface area contributed by atoms with Gasteiger partial charge in [-0.25, -0.2) is 4.79 Å². The average molecular weight is 258 g/mol. The summed E-state index contributed by atoms with van der Waals surface area (Å²) in [6.45, 7) is 7.06. The van der Waals surface area contributed by atoms with Crippen LogP contribution in [-0.2, 0) is 9.53 Å². The third-order valence-electron chi connectivity index (χ3n) is 3.63. The molecule has 1 N–H and O–H groups in total. The standard InChI is InChI=1S/C13H26N2O3/c1-5-15-8-6-7-11(15)9-14(3)10-13(2,17)12(16)18-4/h11,17H,5-10H2,1-4H3. The van der Waals surface area contributed by atoms with Gasteiger partial charge in [-0.05, 0) is 39.9 Å². The Bertz CT molecular complexity index is 281. The van der Waals surface area contributed by atoms with Gasteiger partial charge in [0.25, 0.3) is 0 Å². The largest absolute Gasteiger partial charge is 0.467 e. The molecule has 0 saturated carbocycles. The number of hydrogen-bond donors (Lipinski definition) is 1. The van der Waals surface area contributed by atoms with Gasteiger partial charge in [-0.15, -0.1) is 0 Å². The molecule has 1 aliphatic rings. The van der Waals surface area contributed by atoms with Crippen molar-refractivity contribution in [2.45, 2.75) is 38.3 Å². The van der Waals surface area contributed by atoms with Crippen LogP contribution in [-0.4, -0.2) is 72.9 Å². The van der Waals surface area contributed by atoms with Gasteiger partial charge in [0.1, 0.15) is 0 Å². The van der Waals surface area contributed by atoms with Gasteiger partial charge in [0, 0.05) is 19.1 Å². The lowest BCUT2D eigenvalue weighted by Crippen LogP contribution is -2.49. The molecule has 1 fully saturated rings. The lowest BCUT2D eigenvalue weighted by molar-refractivity contribution is -0.162. The maximum atomic E-state index is 11.4. The molecule has 0 amide bonds. The number of hydrogen-bond acceptors (Lipinski definition) is 5. The highest BCUT2D eigenvalue weighted by Gasteiger charge is 2.34. The van der Waals surface area contributed by atoms with E-state index in [-0.39, 0.29) is 0 Å². The number of ether oxygens (including phenoxy) is 1. The predicted octanol–water partition coefficient (Wildman–Crippen LogP) is 0.327. The molecule has 5 heteroatoms. The summed E-state index contributed by atoms with van der Waals surface area (Å²) in [6.07, 6.45) is 2.43. The normalized spacial score (nSPS) is 24.2. The van der Waals surface area contributed by atoms with Crippen LogP contribution in [0.1, 0.15) is 26.7 Å². The summed E-state index contributed by atoms with van der Waals surface area (Å²) in [6, 6.07) is 0.536. The lowest BCUT2D eigenvalue weighted by Gasteiger charge is -2.31. The quantitative estimate of drug-likeness (QED) is 0.696. The van der Waals surface area contributed by atoms with Crippen LogP contribution in [0, 0.1) is 0 Å². The fourth-order valence-corrected chi connectivity index (χ4v) is 2.75. The zero-order chi connectivity index (χ0) is 13.8. The molecule has 0 bridgehead atoms. The van der Waals surface area contributed by atoms with E-state index in [0.717, 1.165) is 19.6 Å². The molecule has 1 saturated heterocycles. The summed E-state index contributed by atoms with van der Waals surface area (Å²) in [5, 5.41) is 10.0. The number of methoxy groups -OCH3 is 1. The Balaban J connectivity index is 2.46. The van der Waals surface area contributed by atoms with Crippen molar-refractivity contribution in [3.63, 3.8) is 0 Å². The molecule has 1 aliphatic heterocycles. The summed E-state index contributed by atoms with van der Waals surface area (Å²) >= 11 is 0. The monoisotopic (exact) mass is 258 g/mol. The number of esters is 1. The van der Waals surface area contributed by atoms with Crippen molar-refractivity contribution < 1.29 is 14.6 Å². The van der Waals surface area contributed by atoms with Crippen LogP contribution in [0.25, 0.3) is 0 Å². The Morgan fingerprint density at radius 3 is 2.83 bits per heavy atom. The number of carbonyl (C=O) groups excluding carboxylic acids is 1. The fourth-order valence-electron chi connectivity index (χ4n) is 2.75. The van der Waals surface area contributed by atoms with Gasteiger partial charge in [0.2, 0.25) is 0 Å². The van der Waals surface area contributed by atoms with Crippen molar-refractivity contribution in [1.82, 2.24) is 9.80 Å². The van der Waals surface area contributed by atoms with Gasteiger partial charge in [0.05, 0.1) is 7.11 Å². The second kappa shape index (κ2) is 6.50. The minimum atomic E-state index is -1.43. The van der Waals surface area contributed by atoms with Gasteiger partial charge in [-0.2, -0.15) is 0 Å². The van der Waals surface area contributed by atoms with Crippen LogP contribution in [0.2, 0.25) is 0 Å². The third kappa shape index (κ3) is 3.93. The highest BCUT2D eigenvalue weighted by molar-refractivity contribution is 5.78. The summed E-state index contributed by atoms with van der Waals surface area (Å²) in [5.41, 5.74) is -1.43. The Kier molecular flexibility index (Phi) is 5.56. The lowest BCUT2D eigenvalue weighted by atomic mass is 10.1. The first-order valence-electron chi connectivity index (χ1n) is 6.64. The van der Waals surface area contributed by atoms with E-state index in [1.165, 1.54) is 26.9 Å². The van der Waals surface area contributed by atoms with E-state index in [4.69, 9.17) is 0 Å². The van der Waals surface area contributed by atoms with Crippen molar-refractivity contribution in [2.24, 2.45) is 0 Å². The van der Waals surface area contributed by atoms with Crippen molar-refractivity contribution in [3.8, 4) is 0 Å². The molecule has 2 atom stereocenters.